The van der Waals surface area contributed by atoms with Crippen LogP contribution in [0, 0.1) is 11.8 Å². The molecule has 4 N–H and O–H groups in total. The molecule has 1 fully saturated rings. The van der Waals surface area contributed by atoms with Crippen molar-refractivity contribution in [1.82, 2.24) is 5.32 Å². The molecule has 5 heteroatoms. The summed E-state index contributed by atoms with van der Waals surface area (Å²) in [4.78, 5) is 11.7. The fraction of sp³-hybridized carbons (Fsp3) is 0.818. The van der Waals surface area contributed by atoms with Gasteiger partial charge in [-0.3, -0.25) is 4.79 Å². The normalized spacial score (nSPS) is 27.8. The van der Waals surface area contributed by atoms with Gasteiger partial charge in [-0.2, -0.15) is 0 Å². The molecule has 0 bridgehead atoms. The van der Waals surface area contributed by atoms with Crippen molar-refractivity contribution in [2.45, 2.75) is 45.6 Å². The summed E-state index contributed by atoms with van der Waals surface area (Å²) in [5.74, 6) is 0.295. The number of carbonyl (C=O) groups excluding carboxylic acids is 1. The number of hydrogen-bond acceptors (Lipinski definition) is 3. The highest BCUT2D eigenvalue weighted by molar-refractivity contribution is 5.85. The minimum absolute atomic E-state index is 0.0157. The minimum atomic E-state index is -0.0157. The number of hydrogen-bond donors (Lipinski definition) is 3. The Labute approximate surface area is 96.1 Å². The molecule has 1 amide bonds. The van der Waals surface area contributed by atoms with Gasteiger partial charge in [-0.05, 0) is 19.3 Å². The van der Waals surface area contributed by atoms with E-state index in [9.17, 15) is 4.79 Å². The van der Waals surface area contributed by atoms with Crippen LogP contribution in [-0.2, 0) is 4.79 Å². The summed E-state index contributed by atoms with van der Waals surface area (Å²) in [6.07, 6.45) is 3.61. The number of amides is 1. The number of nitrogens with one attached hydrogen (secondary N) is 1. The standard InChI is InChI=1S/C11H21N3O2/c1-3-7(2)11(15)13-9-6-4-5-8(9)10(12)14-16/h7-9,16H,3-6H2,1-2H3,(H2,12,14)(H,13,15). The molecule has 3 atom stereocenters. The summed E-state index contributed by atoms with van der Waals surface area (Å²) < 4.78 is 0. The van der Waals surface area contributed by atoms with Gasteiger partial charge in [-0.1, -0.05) is 25.4 Å². The van der Waals surface area contributed by atoms with Crippen LogP contribution >= 0.6 is 0 Å². The van der Waals surface area contributed by atoms with Crippen LogP contribution < -0.4 is 11.1 Å². The van der Waals surface area contributed by atoms with Gasteiger partial charge >= 0.3 is 0 Å². The lowest BCUT2D eigenvalue weighted by Gasteiger charge is -2.21. The van der Waals surface area contributed by atoms with Gasteiger partial charge < -0.3 is 16.3 Å². The van der Waals surface area contributed by atoms with Crippen molar-refractivity contribution in [1.29, 1.82) is 0 Å². The molecule has 1 aliphatic rings. The first kappa shape index (κ1) is 12.8. The van der Waals surface area contributed by atoms with Crippen molar-refractivity contribution >= 4 is 11.7 Å². The third-order valence-electron chi connectivity index (χ3n) is 3.40. The van der Waals surface area contributed by atoms with Gasteiger partial charge in [0, 0.05) is 17.9 Å². The first-order chi connectivity index (χ1) is 7.60. The van der Waals surface area contributed by atoms with Crippen LogP contribution in [0.4, 0.5) is 0 Å². The maximum Gasteiger partial charge on any atom is 0.223 e. The Hall–Kier alpha value is -1.26. The Balaban J connectivity index is 2.56. The predicted octanol–water partition coefficient (Wildman–Crippen LogP) is 1.06. The summed E-state index contributed by atoms with van der Waals surface area (Å²) in [7, 11) is 0. The van der Waals surface area contributed by atoms with Crippen LogP contribution in [0.2, 0.25) is 0 Å². The number of rotatable bonds is 4. The summed E-state index contributed by atoms with van der Waals surface area (Å²) >= 11 is 0. The van der Waals surface area contributed by atoms with Crippen molar-refractivity contribution in [2.24, 2.45) is 22.7 Å². The second-order valence-corrected chi connectivity index (χ2v) is 4.49. The van der Waals surface area contributed by atoms with Crippen molar-refractivity contribution in [3.8, 4) is 0 Å². The zero-order chi connectivity index (χ0) is 12.1. The lowest BCUT2D eigenvalue weighted by molar-refractivity contribution is -0.125. The van der Waals surface area contributed by atoms with E-state index >= 15 is 0 Å². The molecule has 5 nitrogen and oxygen atoms in total. The fourth-order valence-corrected chi connectivity index (χ4v) is 2.07. The average Bonchev–Trinajstić information content (AvgIpc) is 2.74. The first-order valence-corrected chi connectivity index (χ1v) is 5.87. The van der Waals surface area contributed by atoms with E-state index in [2.05, 4.69) is 10.5 Å². The van der Waals surface area contributed by atoms with E-state index < -0.39 is 0 Å². The predicted molar refractivity (Wildman–Crippen MR) is 62.1 cm³/mol. The topological polar surface area (TPSA) is 87.7 Å². The number of amidine groups is 1. The molecule has 92 valence electrons. The molecule has 1 aliphatic carbocycles. The van der Waals surface area contributed by atoms with Gasteiger partial charge in [0.05, 0.1) is 0 Å². The van der Waals surface area contributed by atoms with Gasteiger partial charge in [0.2, 0.25) is 5.91 Å². The number of oxime groups is 1. The van der Waals surface area contributed by atoms with E-state index in [1.54, 1.807) is 0 Å². The Morgan fingerprint density at radius 3 is 2.88 bits per heavy atom. The van der Waals surface area contributed by atoms with Crippen molar-refractivity contribution in [3.05, 3.63) is 0 Å². The molecule has 0 aromatic rings. The second-order valence-electron chi connectivity index (χ2n) is 4.49. The van der Waals surface area contributed by atoms with Crippen LogP contribution in [-0.4, -0.2) is 23.0 Å². The molecular formula is C11H21N3O2. The molecule has 0 heterocycles. The van der Waals surface area contributed by atoms with Gasteiger partial charge in [0.15, 0.2) is 0 Å². The van der Waals surface area contributed by atoms with Gasteiger partial charge in [0.25, 0.3) is 0 Å². The highest BCUT2D eigenvalue weighted by atomic mass is 16.4. The minimum Gasteiger partial charge on any atom is -0.409 e. The number of carbonyl (C=O) groups is 1. The van der Waals surface area contributed by atoms with E-state index in [0.29, 0.717) is 0 Å². The maximum absolute atomic E-state index is 11.7. The van der Waals surface area contributed by atoms with Crippen molar-refractivity contribution in [3.63, 3.8) is 0 Å². The monoisotopic (exact) mass is 227 g/mol. The smallest absolute Gasteiger partial charge is 0.223 e. The van der Waals surface area contributed by atoms with Gasteiger partial charge in [-0.15, -0.1) is 0 Å². The molecule has 1 saturated carbocycles. The lowest BCUT2D eigenvalue weighted by atomic mass is 10.0. The number of nitrogens with two attached hydrogens (primary N) is 1. The molecular weight excluding hydrogens is 206 g/mol. The molecule has 0 spiro atoms. The molecule has 1 rings (SSSR count). The summed E-state index contributed by atoms with van der Waals surface area (Å²) in [6, 6.07) is 0.0254. The molecule has 0 aliphatic heterocycles. The Morgan fingerprint density at radius 1 is 1.62 bits per heavy atom. The van der Waals surface area contributed by atoms with E-state index in [4.69, 9.17) is 10.9 Å². The average molecular weight is 227 g/mol. The first-order valence-electron chi connectivity index (χ1n) is 5.87. The third kappa shape index (κ3) is 2.87. The van der Waals surface area contributed by atoms with E-state index in [0.717, 1.165) is 25.7 Å². The molecule has 3 unspecified atom stereocenters. The zero-order valence-electron chi connectivity index (χ0n) is 9.94. The molecule has 0 radical (unpaired) electrons. The zero-order valence-corrected chi connectivity index (χ0v) is 9.94. The van der Waals surface area contributed by atoms with Crippen LogP contribution in [0.3, 0.4) is 0 Å². The quantitative estimate of drug-likeness (QED) is 0.290. The molecule has 16 heavy (non-hydrogen) atoms. The highest BCUT2D eigenvalue weighted by Gasteiger charge is 2.32. The summed E-state index contributed by atoms with van der Waals surface area (Å²) in [5, 5.41) is 14.7. The SMILES string of the molecule is CCC(C)C(=O)NC1CCCC1C(N)=NO. The van der Waals surface area contributed by atoms with Crippen molar-refractivity contribution in [2.75, 3.05) is 0 Å². The fourth-order valence-electron chi connectivity index (χ4n) is 2.07. The van der Waals surface area contributed by atoms with E-state index in [1.807, 2.05) is 13.8 Å². The maximum atomic E-state index is 11.7. The lowest BCUT2D eigenvalue weighted by Crippen LogP contribution is -2.44. The Kier molecular flexibility index (Phi) is 4.58. The molecule has 0 saturated heterocycles. The van der Waals surface area contributed by atoms with E-state index in [-0.39, 0.29) is 29.6 Å². The highest BCUT2D eigenvalue weighted by Crippen LogP contribution is 2.26. The van der Waals surface area contributed by atoms with Crippen LogP contribution in [0.5, 0.6) is 0 Å². The number of nitrogens with zero attached hydrogens (tertiary/aromatic N) is 1. The van der Waals surface area contributed by atoms with Crippen LogP contribution in [0.25, 0.3) is 0 Å². The summed E-state index contributed by atoms with van der Waals surface area (Å²) in [5.41, 5.74) is 5.60. The molecule has 0 aromatic heterocycles. The van der Waals surface area contributed by atoms with Crippen LogP contribution in [0.15, 0.2) is 5.16 Å². The van der Waals surface area contributed by atoms with Crippen molar-refractivity contribution < 1.29 is 10.0 Å². The third-order valence-corrected chi connectivity index (χ3v) is 3.40. The second kappa shape index (κ2) is 5.72. The largest absolute Gasteiger partial charge is 0.409 e. The summed E-state index contributed by atoms with van der Waals surface area (Å²) in [6.45, 7) is 3.89. The van der Waals surface area contributed by atoms with Gasteiger partial charge in [0.1, 0.15) is 5.84 Å². The van der Waals surface area contributed by atoms with Gasteiger partial charge in [-0.25, -0.2) is 0 Å². The Bertz CT molecular complexity index is 278. The van der Waals surface area contributed by atoms with Crippen LogP contribution in [0.1, 0.15) is 39.5 Å². The molecule has 0 aromatic carbocycles. The Morgan fingerprint density at radius 2 is 2.31 bits per heavy atom. The van der Waals surface area contributed by atoms with E-state index in [1.165, 1.54) is 0 Å².